The molecule has 62 valence electrons. The van der Waals surface area contributed by atoms with E-state index in [9.17, 15) is 0 Å². The third-order valence-corrected chi connectivity index (χ3v) is 1.95. The van der Waals surface area contributed by atoms with Crippen LogP contribution in [0.5, 0.6) is 0 Å². The molecule has 0 aliphatic rings. The van der Waals surface area contributed by atoms with Crippen molar-refractivity contribution in [1.82, 2.24) is 4.90 Å². The summed E-state index contributed by atoms with van der Waals surface area (Å²) in [5.41, 5.74) is 5.42. The SMILES string of the molecule is CC(Cl)C(CCN)N(C)C. The first-order valence-corrected chi connectivity index (χ1v) is 4.03. The number of nitrogens with two attached hydrogens (primary N) is 1. The highest BCUT2D eigenvalue weighted by Gasteiger charge is 2.15. The number of nitrogens with zero attached hydrogens (tertiary/aromatic N) is 1. The van der Waals surface area contributed by atoms with Crippen molar-refractivity contribution in [3.63, 3.8) is 0 Å². The second-order valence-electron chi connectivity index (χ2n) is 2.79. The fourth-order valence-corrected chi connectivity index (χ4v) is 1.42. The summed E-state index contributed by atoms with van der Waals surface area (Å²) in [6, 6.07) is 0.409. The van der Waals surface area contributed by atoms with Gasteiger partial charge < -0.3 is 10.6 Å². The van der Waals surface area contributed by atoms with Gasteiger partial charge in [-0.15, -0.1) is 11.6 Å². The van der Waals surface area contributed by atoms with Crippen molar-refractivity contribution >= 4 is 11.6 Å². The molecule has 0 aromatic heterocycles. The molecule has 0 radical (unpaired) electrons. The van der Waals surface area contributed by atoms with E-state index in [0.29, 0.717) is 12.6 Å². The van der Waals surface area contributed by atoms with E-state index in [1.54, 1.807) is 0 Å². The van der Waals surface area contributed by atoms with E-state index in [1.807, 2.05) is 21.0 Å². The molecule has 0 aromatic carbocycles. The molecule has 2 atom stereocenters. The largest absolute Gasteiger partial charge is 0.330 e. The molecule has 0 spiro atoms. The maximum absolute atomic E-state index is 5.92. The van der Waals surface area contributed by atoms with E-state index in [2.05, 4.69) is 4.90 Å². The third kappa shape index (κ3) is 3.40. The molecule has 3 heteroatoms. The van der Waals surface area contributed by atoms with E-state index in [4.69, 9.17) is 17.3 Å². The van der Waals surface area contributed by atoms with Gasteiger partial charge in [0.1, 0.15) is 0 Å². The summed E-state index contributed by atoms with van der Waals surface area (Å²) < 4.78 is 0. The van der Waals surface area contributed by atoms with Crippen LogP contribution in [-0.2, 0) is 0 Å². The fourth-order valence-electron chi connectivity index (χ4n) is 1.07. The monoisotopic (exact) mass is 164 g/mol. The normalized spacial score (nSPS) is 17.4. The van der Waals surface area contributed by atoms with E-state index in [0.717, 1.165) is 6.42 Å². The quantitative estimate of drug-likeness (QED) is 0.626. The van der Waals surface area contributed by atoms with Crippen molar-refractivity contribution in [2.24, 2.45) is 5.73 Å². The standard InChI is InChI=1S/C7H17ClN2/c1-6(8)7(4-5-9)10(2)3/h6-7H,4-5,9H2,1-3H3. The molecule has 2 N–H and O–H groups in total. The second kappa shape index (κ2) is 4.94. The van der Waals surface area contributed by atoms with Gasteiger partial charge in [0.25, 0.3) is 0 Å². The molecule has 0 saturated heterocycles. The van der Waals surface area contributed by atoms with Crippen LogP contribution >= 0.6 is 11.6 Å². The maximum Gasteiger partial charge on any atom is 0.0463 e. The summed E-state index contributed by atoms with van der Waals surface area (Å²) in [4.78, 5) is 2.12. The highest BCUT2D eigenvalue weighted by Crippen LogP contribution is 2.09. The van der Waals surface area contributed by atoms with E-state index in [-0.39, 0.29) is 5.38 Å². The molecule has 2 unspecified atom stereocenters. The van der Waals surface area contributed by atoms with Gasteiger partial charge in [-0.3, -0.25) is 0 Å². The molecule has 0 aliphatic heterocycles. The molecule has 10 heavy (non-hydrogen) atoms. The molecular formula is C7H17ClN2. The maximum atomic E-state index is 5.92. The highest BCUT2D eigenvalue weighted by atomic mass is 35.5. The van der Waals surface area contributed by atoms with Crippen LogP contribution in [0.1, 0.15) is 13.3 Å². The first-order chi connectivity index (χ1) is 4.59. The van der Waals surface area contributed by atoms with Crippen LogP contribution in [0.25, 0.3) is 0 Å². The Morgan fingerprint density at radius 1 is 1.50 bits per heavy atom. The Kier molecular flexibility index (Phi) is 5.04. The molecule has 0 aliphatic carbocycles. The van der Waals surface area contributed by atoms with E-state index >= 15 is 0 Å². The Bertz CT molecular complexity index is 75.7. The lowest BCUT2D eigenvalue weighted by molar-refractivity contribution is 0.278. The van der Waals surface area contributed by atoms with Crippen LogP contribution in [0.3, 0.4) is 0 Å². The molecular weight excluding hydrogens is 148 g/mol. The average molecular weight is 165 g/mol. The molecule has 0 aromatic rings. The average Bonchev–Trinajstić information content (AvgIpc) is 1.81. The van der Waals surface area contributed by atoms with Crippen molar-refractivity contribution in [3.8, 4) is 0 Å². The number of alkyl halides is 1. The first-order valence-electron chi connectivity index (χ1n) is 3.60. The van der Waals surface area contributed by atoms with Crippen molar-refractivity contribution in [1.29, 1.82) is 0 Å². The van der Waals surface area contributed by atoms with Gasteiger partial charge in [0.2, 0.25) is 0 Å². The van der Waals surface area contributed by atoms with Gasteiger partial charge in [0.15, 0.2) is 0 Å². The van der Waals surface area contributed by atoms with Crippen LogP contribution in [0.4, 0.5) is 0 Å². The van der Waals surface area contributed by atoms with Crippen LogP contribution < -0.4 is 5.73 Å². The highest BCUT2D eigenvalue weighted by molar-refractivity contribution is 6.20. The molecule has 0 rings (SSSR count). The second-order valence-corrected chi connectivity index (χ2v) is 3.47. The van der Waals surface area contributed by atoms with Gasteiger partial charge in [-0.2, -0.15) is 0 Å². The molecule has 2 nitrogen and oxygen atoms in total. The fraction of sp³-hybridized carbons (Fsp3) is 1.00. The van der Waals surface area contributed by atoms with Crippen LogP contribution in [-0.4, -0.2) is 37.0 Å². The zero-order valence-corrected chi connectivity index (χ0v) is 7.73. The Balaban J connectivity index is 3.73. The Labute approximate surface area is 68.3 Å². The van der Waals surface area contributed by atoms with Gasteiger partial charge in [-0.25, -0.2) is 0 Å². The van der Waals surface area contributed by atoms with E-state index < -0.39 is 0 Å². The number of rotatable bonds is 4. The van der Waals surface area contributed by atoms with Gasteiger partial charge in [0.05, 0.1) is 0 Å². The minimum absolute atomic E-state index is 0.179. The summed E-state index contributed by atoms with van der Waals surface area (Å²) >= 11 is 5.92. The van der Waals surface area contributed by atoms with Crippen LogP contribution in [0.2, 0.25) is 0 Å². The molecule has 0 amide bonds. The Morgan fingerprint density at radius 3 is 2.10 bits per heavy atom. The minimum Gasteiger partial charge on any atom is -0.330 e. The van der Waals surface area contributed by atoms with Crippen LogP contribution in [0, 0.1) is 0 Å². The lowest BCUT2D eigenvalue weighted by Crippen LogP contribution is -2.36. The van der Waals surface area contributed by atoms with Gasteiger partial charge in [0, 0.05) is 11.4 Å². The molecule has 0 fully saturated rings. The lowest BCUT2D eigenvalue weighted by Gasteiger charge is -2.25. The van der Waals surface area contributed by atoms with Crippen molar-refractivity contribution in [2.75, 3.05) is 20.6 Å². The number of halogens is 1. The van der Waals surface area contributed by atoms with Crippen molar-refractivity contribution < 1.29 is 0 Å². The number of hydrogen-bond acceptors (Lipinski definition) is 2. The first kappa shape index (κ1) is 10.2. The smallest absolute Gasteiger partial charge is 0.0463 e. The topological polar surface area (TPSA) is 29.3 Å². The summed E-state index contributed by atoms with van der Waals surface area (Å²) in [5.74, 6) is 0. The van der Waals surface area contributed by atoms with Gasteiger partial charge >= 0.3 is 0 Å². The summed E-state index contributed by atoms with van der Waals surface area (Å²) in [7, 11) is 4.05. The molecule has 0 bridgehead atoms. The predicted octanol–water partition coefficient (Wildman–Crippen LogP) is 0.893. The van der Waals surface area contributed by atoms with Gasteiger partial charge in [-0.05, 0) is 34.0 Å². The lowest BCUT2D eigenvalue weighted by atomic mass is 10.1. The number of hydrogen-bond donors (Lipinski definition) is 1. The zero-order valence-electron chi connectivity index (χ0n) is 6.97. The predicted molar refractivity (Wildman–Crippen MR) is 46.5 cm³/mol. The van der Waals surface area contributed by atoms with E-state index in [1.165, 1.54) is 0 Å². The van der Waals surface area contributed by atoms with Crippen molar-refractivity contribution in [2.45, 2.75) is 24.8 Å². The molecule has 0 heterocycles. The summed E-state index contributed by atoms with van der Waals surface area (Å²) in [5, 5.41) is 0.179. The Hall–Kier alpha value is 0.210. The zero-order chi connectivity index (χ0) is 8.15. The Morgan fingerprint density at radius 2 is 2.00 bits per heavy atom. The summed E-state index contributed by atoms with van der Waals surface area (Å²) in [6.45, 7) is 2.71. The third-order valence-electron chi connectivity index (χ3n) is 1.66. The summed E-state index contributed by atoms with van der Waals surface area (Å²) in [6.07, 6.45) is 0.970. The molecule has 0 saturated carbocycles. The van der Waals surface area contributed by atoms with Crippen molar-refractivity contribution in [3.05, 3.63) is 0 Å². The van der Waals surface area contributed by atoms with Crippen LogP contribution in [0.15, 0.2) is 0 Å². The van der Waals surface area contributed by atoms with Gasteiger partial charge in [-0.1, -0.05) is 0 Å². The minimum atomic E-state index is 0.179.